The van der Waals surface area contributed by atoms with Crippen LogP contribution >= 0.6 is 0 Å². The van der Waals surface area contributed by atoms with Gasteiger partial charge in [-0.3, -0.25) is 4.90 Å². The summed E-state index contributed by atoms with van der Waals surface area (Å²) in [7, 11) is 6.85. The first-order chi connectivity index (χ1) is 15.8. The highest BCUT2D eigenvalue weighted by molar-refractivity contribution is 5.41. The largest absolute Gasteiger partial charge is 0.396 e. The van der Waals surface area contributed by atoms with Gasteiger partial charge < -0.3 is 34.3 Å². The van der Waals surface area contributed by atoms with Crippen molar-refractivity contribution in [1.29, 1.82) is 0 Å². The molecule has 13 atom stereocenters. The Morgan fingerprint density at radius 3 is 2.36 bits per heavy atom. The van der Waals surface area contributed by atoms with Crippen molar-refractivity contribution in [1.82, 2.24) is 4.90 Å². The predicted octanol–water partition coefficient (Wildman–Crippen LogP) is 0.271. The van der Waals surface area contributed by atoms with Crippen LogP contribution in [0.4, 0.5) is 0 Å². The van der Waals surface area contributed by atoms with Gasteiger partial charge in [0, 0.05) is 70.0 Å². The molecule has 33 heavy (non-hydrogen) atoms. The zero-order chi connectivity index (χ0) is 23.6. The number of aliphatic hydroxyl groups excluding tert-OH is 1. The molecule has 188 valence electrons. The molecule has 3 N–H and O–H groups in total. The van der Waals surface area contributed by atoms with Gasteiger partial charge in [0.25, 0.3) is 0 Å². The van der Waals surface area contributed by atoms with Gasteiger partial charge in [0.15, 0.2) is 0 Å². The smallest absolute Gasteiger partial charge is 0.136 e. The van der Waals surface area contributed by atoms with E-state index in [2.05, 4.69) is 11.8 Å². The number of rotatable bonds is 6. The van der Waals surface area contributed by atoms with Gasteiger partial charge in [-0.2, -0.15) is 0 Å². The average Bonchev–Trinajstić information content (AvgIpc) is 3.24. The molecule has 7 bridgehead atoms. The molecule has 1 heterocycles. The molecule has 0 aromatic heterocycles. The van der Waals surface area contributed by atoms with Gasteiger partial charge in [-0.1, -0.05) is 6.92 Å². The molecule has 8 heteroatoms. The number of ether oxygens (including phenoxy) is 4. The number of likely N-dealkylation sites (tertiary alicyclic amines) is 1. The lowest BCUT2D eigenvalue weighted by molar-refractivity contribution is -0.320. The van der Waals surface area contributed by atoms with Gasteiger partial charge in [0.1, 0.15) is 11.2 Å². The topological polar surface area (TPSA) is 101 Å². The van der Waals surface area contributed by atoms with Crippen LogP contribution in [-0.4, -0.2) is 110 Å². The van der Waals surface area contributed by atoms with Crippen LogP contribution in [0.1, 0.15) is 32.6 Å². The minimum absolute atomic E-state index is 0.0443. The van der Waals surface area contributed by atoms with Crippen LogP contribution in [0.2, 0.25) is 0 Å². The fourth-order valence-electron chi connectivity index (χ4n) is 11.0. The van der Waals surface area contributed by atoms with Crippen LogP contribution in [0, 0.1) is 34.5 Å². The molecule has 6 fully saturated rings. The lowest BCUT2D eigenvalue weighted by Crippen LogP contribution is -2.82. The van der Waals surface area contributed by atoms with E-state index in [9.17, 15) is 15.3 Å². The third-order valence-electron chi connectivity index (χ3n) is 11.6. The number of hydrogen-bond acceptors (Lipinski definition) is 8. The first kappa shape index (κ1) is 23.1. The van der Waals surface area contributed by atoms with Crippen molar-refractivity contribution in [2.75, 3.05) is 48.1 Å². The molecule has 1 saturated heterocycles. The summed E-state index contributed by atoms with van der Waals surface area (Å²) in [6.45, 7) is 3.59. The van der Waals surface area contributed by atoms with E-state index in [4.69, 9.17) is 18.9 Å². The summed E-state index contributed by atoms with van der Waals surface area (Å²) in [4.78, 5) is 2.33. The maximum atomic E-state index is 13.0. The highest BCUT2D eigenvalue weighted by Gasteiger charge is 2.91. The van der Waals surface area contributed by atoms with E-state index < -0.39 is 28.1 Å². The predicted molar refractivity (Wildman–Crippen MR) is 119 cm³/mol. The maximum Gasteiger partial charge on any atom is 0.136 e. The molecule has 5 saturated carbocycles. The molecule has 0 unspecified atom stereocenters. The van der Waals surface area contributed by atoms with Gasteiger partial charge >= 0.3 is 0 Å². The van der Waals surface area contributed by atoms with Gasteiger partial charge in [-0.15, -0.1) is 0 Å². The number of likely N-dealkylation sites (N-methyl/N-ethyl adjacent to an activating group) is 1. The summed E-state index contributed by atoms with van der Waals surface area (Å²) in [6.07, 6.45) is 1.81. The quantitative estimate of drug-likeness (QED) is 0.512. The fraction of sp³-hybridized carbons (Fsp3) is 1.00. The number of methoxy groups -OCH3 is 4. The molecule has 6 aliphatic rings. The Morgan fingerprint density at radius 2 is 1.79 bits per heavy atom. The lowest BCUT2D eigenvalue weighted by Gasteiger charge is -2.70. The summed E-state index contributed by atoms with van der Waals surface area (Å²) in [6, 6.07) is -0.312. The molecule has 5 aliphatic carbocycles. The van der Waals surface area contributed by atoms with E-state index in [0.717, 1.165) is 25.8 Å². The van der Waals surface area contributed by atoms with E-state index in [1.807, 2.05) is 0 Å². The fourth-order valence-corrected chi connectivity index (χ4v) is 11.0. The van der Waals surface area contributed by atoms with E-state index in [-0.39, 0.29) is 54.6 Å². The number of nitrogens with zero attached hydrogens (tertiary/aromatic N) is 1. The zero-order valence-corrected chi connectivity index (χ0v) is 20.6. The summed E-state index contributed by atoms with van der Waals surface area (Å²) < 4.78 is 24.5. The van der Waals surface area contributed by atoms with Crippen LogP contribution in [0.3, 0.4) is 0 Å². The van der Waals surface area contributed by atoms with Crippen LogP contribution in [0.25, 0.3) is 0 Å². The number of hydrogen-bond donors (Lipinski definition) is 3. The Balaban J connectivity index is 1.68. The highest BCUT2D eigenvalue weighted by Crippen LogP contribution is 2.80. The van der Waals surface area contributed by atoms with E-state index in [1.54, 1.807) is 28.4 Å². The molecule has 0 radical (unpaired) electrons. The molecule has 6 rings (SSSR count). The van der Waals surface area contributed by atoms with Gasteiger partial charge in [0.05, 0.1) is 37.1 Å². The number of fused-ring (bicyclic) bond motifs is 2. The molecule has 1 spiro atoms. The Hall–Kier alpha value is -0.320. The van der Waals surface area contributed by atoms with Crippen molar-refractivity contribution in [2.45, 2.75) is 74.3 Å². The molecular formula is C25H41NO7. The summed E-state index contributed by atoms with van der Waals surface area (Å²) in [5, 5.41) is 36.6. The van der Waals surface area contributed by atoms with E-state index in [1.165, 1.54) is 0 Å². The average molecular weight is 468 g/mol. The summed E-state index contributed by atoms with van der Waals surface area (Å²) in [5.41, 5.74) is -3.78. The summed E-state index contributed by atoms with van der Waals surface area (Å²) in [5.74, 6) is -0.0916. The van der Waals surface area contributed by atoms with Crippen molar-refractivity contribution in [3.05, 3.63) is 0 Å². The Kier molecular flexibility index (Phi) is 4.99. The first-order valence-electron chi connectivity index (χ1n) is 12.7. The second-order valence-electron chi connectivity index (χ2n) is 11.8. The van der Waals surface area contributed by atoms with Crippen molar-refractivity contribution in [3.63, 3.8) is 0 Å². The minimum Gasteiger partial charge on any atom is -0.396 e. The number of piperidine rings is 1. The molecule has 0 aromatic carbocycles. The second-order valence-corrected chi connectivity index (χ2v) is 11.8. The number of aliphatic hydroxyl groups is 3. The van der Waals surface area contributed by atoms with Crippen molar-refractivity contribution < 1.29 is 34.3 Å². The summed E-state index contributed by atoms with van der Waals surface area (Å²) >= 11 is 0. The van der Waals surface area contributed by atoms with Gasteiger partial charge in [0.2, 0.25) is 0 Å². The lowest BCUT2D eigenvalue weighted by atomic mass is 9.42. The van der Waals surface area contributed by atoms with Gasteiger partial charge in [-0.25, -0.2) is 0 Å². The highest BCUT2D eigenvalue weighted by atomic mass is 16.5. The molecule has 0 amide bonds. The van der Waals surface area contributed by atoms with Crippen LogP contribution in [-0.2, 0) is 18.9 Å². The van der Waals surface area contributed by atoms with Crippen molar-refractivity contribution >= 4 is 0 Å². The van der Waals surface area contributed by atoms with Crippen LogP contribution in [0.15, 0.2) is 0 Å². The normalized spacial score (nSPS) is 60.9. The van der Waals surface area contributed by atoms with E-state index in [0.29, 0.717) is 13.0 Å². The first-order valence-corrected chi connectivity index (χ1v) is 12.7. The molecule has 8 nitrogen and oxygen atoms in total. The molecule has 0 aromatic rings. The van der Waals surface area contributed by atoms with Crippen LogP contribution in [0.5, 0.6) is 0 Å². The maximum absolute atomic E-state index is 13.0. The minimum atomic E-state index is -1.52. The monoisotopic (exact) mass is 467 g/mol. The SMILES string of the molecule is CCN1C[C@]2(CO)CC[C@H](OC)[C@@]34[C@H]5C[C@H]6[C@H](OC)[C@@H]5[C@](O)(C[C@@H]6OC)[C@@](O)([C@@H](OC)[C@@H]23)[C@@H]14. The molecule has 1 aliphatic heterocycles. The van der Waals surface area contributed by atoms with Crippen molar-refractivity contribution in [3.8, 4) is 0 Å². The second kappa shape index (κ2) is 7.13. The third-order valence-corrected chi connectivity index (χ3v) is 11.6. The molecular weight excluding hydrogens is 426 g/mol. The van der Waals surface area contributed by atoms with Crippen molar-refractivity contribution in [2.24, 2.45) is 34.5 Å². The third kappa shape index (κ3) is 2.16. The Bertz CT molecular complexity index is 814. The standard InChI is InChI=1S/C25H41NO7/c1-6-26-11-22(12-27)8-7-16(31-3)24-14-9-13-15(30-2)10-23(28,17(14)18(13)32-4)25(29,21(24)26)20(33-5)19(22)24/h13-21,27-29H,6-12H2,1-5H3/t13-,14+,15+,16+,17-,18+,19+,20+,21+,22+,23-,24+,25-/m1/s1. The zero-order valence-electron chi connectivity index (χ0n) is 20.6. The Morgan fingerprint density at radius 1 is 1.03 bits per heavy atom. The van der Waals surface area contributed by atoms with Gasteiger partial charge in [-0.05, 0) is 31.7 Å². The Labute approximate surface area is 196 Å². The van der Waals surface area contributed by atoms with E-state index >= 15 is 0 Å². The van der Waals surface area contributed by atoms with Crippen LogP contribution < -0.4 is 0 Å².